The van der Waals surface area contributed by atoms with Crippen molar-refractivity contribution in [1.29, 1.82) is 0 Å². The highest BCUT2D eigenvalue weighted by Crippen LogP contribution is 1.92. The van der Waals surface area contributed by atoms with Crippen molar-refractivity contribution in [1.82, 2.24) is 0 Å². The summed E-state index contributed by atoms with van der Waals surface area (Å²) < 4.78 is 2.19. The zero-order valence-electron chi connectivity index (χ0n) is 7.65. The lowest BCUT2D eigenvalue weighted by molar-refractivity contribution is -0.522. The Hall–Kier alpha value is -0.0400. The molecule has 0 saturated carbocycles. The fourth-order valence-electron chi connectivity index (χ4n) is 0.932. The van der Waals surface area contributed by atoms with Gasteiger partial charge in [-0.05, 0) is 11.6 Å². The van der Waals surface area contributed by atoms with Crippen LogP contribution in [-0.2, 0) is 0 Å². The van der Waals surface area contributed by atoms with Gasteiger partial charge in [0, 0.05) is 12.8 Å². The van der Waals surface area contributed by atoms with Crippen LogP contribution in [0.3, 0.4) is 0 Å². The molecule has 1 nitrogen and oxygen atoms in total. The van der Waals surface area contributed by atoms with Gasteiger partial charge in [0.05, 0.1) is 0 Å². The van der Waals surface area contributed by atoms with Gasteiger partial charge in [0.25, 0.3) is 0 Å². The number of nitrogens with zero attached hydrogens (tertiary/aromatic N) is 1. The summed E-state index contributed by atoms with van der Waals surface area (Å²) in [6.45, 7) is 6.62. The van der Waals surface area contributed by atoms with Crippen molar-refractivity contribution in [3.05, 3.63) is 0 Å². The molecule has 0 aliphatic rings. The van der Waals surface area contributed by atoms with Crippen LogP contribution in [0.5, 0.6) is 0 Å². The smallest absolute Gasteiger partial charge is 0.226 e. The Morgan fingerprint density at radius 1 is 1.09 bits per heavy atom. The first-order chi connectivity index (χ1) is 5.35. The topological polar surface area (TPSA) is 3.01 Å². The molecular formula is C9H19ClN+. The van der Waals surface area contributed by atoms with E-state index < -0.39 is 0 Å². The Bertz CT molecular complexity index is 100. The molecule has 11 heavy (non-hydrogen) atoms. The molecule has 0 rings (SSSR count). The van der Waals surface area contributed by atoms with Gasteiger partial charge in [-0.15, -0.1) is 0 Å². The lowest BCUT2D eigenvalue weighted by Gasteiger charge is -1.99. The van der Waals surface area contributed by atoms with Crippen molar-refractivity contribution in [2.45, 2.75) is 39.5 Å². The maximum Gasteiger partial charge on any atom is 0.232 e. The molecule has 0 N–H and O–H groups in total. The third kappa shape index (κ3) is 6.36. The minimum absolute atomic E-state index is 1.11. The lowest BCUT2D eigenvalue weighted by atomic mass is 10.3. The second kappa shape index (κ2) is 8.06. The summed E-state index contributed by atoms with van der Waals surface area (Å²) in [5.41, 5.74) is 1.69. The minimum Gasteiger partial charge on any atom is -0.226 e. The van der Waals surface area contributed by atoms with Crippen LogP contribution in [0, 0.1) is 0 Å². The van der Waals surface area contributed by atoms with Crippen molar-refractivity contribution in [3.63, 3.8) is 0 Å². The van der Waals surface area contributed by atoms with Crippen LogP contribution in [0.2, 0.25) is 0 Å². The first kappa shape index (κ1) is 11.0. The molecule has 0 aliphatic heterocycles. The fraction of sp³-hybridized carbons (Fsp3) is 0.889. The highest BCUT2D eigenvalue weighted by atomic mass is 35.5. The van der Waals surface area contributed by atoms with Crippen LogP contribution >= 0.6 is 11.6 Å². The average molecular weight is 177 g/mol. The third-order valence-corrected chi connectivity index (χ3v) is 2.01. The largest absolute Gasteiger partial charge is 0.232 e. The van der Waals surface area contributed by atoms with Crippen LogP contribution in [0.25, 0.3) is 0 Å². The molecule has 0 bridgehead atoms. The predicted molar refractivity (Wildman–Crippen MR) is 51.7 cm³/mol. The van der Waals surface area contributed by atoms with E-state index in [1.54, 1.807) is 5.67 Å². The Kier molecular flexibility index (Phi) is 8.03. The molecule has 0 aromatic heterocycles. The monoisotopic (exact) mass is 176 g/mol. The molecule has 0 amide bonds. The minimum atomic E-state index is 1.11. The van der Waals surface area contributed by atoms with Gasteiger partial charge in [0.1, 0.15) is 13.1 Å². The van der Waals surface area contributed by atoms with E-state index in [9.17, 15) is 0 Å². The van der Waals surface area contributed by atoms with Gasteiger partial charge in [0.2, 0.25) is 5.67 Å². The molecule has 0 heterocycles. The second-order valence-corrected chi connectivity index (χ2v) is 3.04. The maximum absolute atomic E-state index is 5.64. The van der Waals surface area contributed by atoms with Gasteiger partial charge < -0.3 is 0 Å². The number of halogens is 1. The van der Waals surface area contributed by atoms with Crippen molar-refractivity contribution in [2.24, 2.45) is 0 Å². The van der Waals surface area contributed by atoms with Gasteiger partial charge in [0.15, 0.2) is 0 Å². The van der Waals surface area contributed by atoms with E-state index >= 15 is 0 Å². The lowest BCUT2D eigenvalue weighted by Crippen LogP contribution is -2.14. The quantitative estimate of drug-likeness (QED) is 0.433. The molecule has 0 atom stereocenters. The van der Waals surface area contributed by atoms with Crippen LogP contribution in [0.4, 0.5) is 0 Å². The highest BCUT2D eigenvalue weighted by molar-refractivity contribution is 6.54. The van der Waals surface area contributed by atoms with Crippen molar-refractivity contribution < 1.29 is 4.58 Å². The van der Waals surface area contributed by atoms with E-state index in [0.717, 1.165) is 13.1 Å². The van der Waals surface area contributed by atoms with Gasteiger partial charge in [-0.1, -0.05) is 26.7 Å². The number of rotatable bonds is 6. The summed E-state index contributed by atoms with van der Waals surface area (Å²) in [6, 6.07) is 0. The molecule has 0 saturated heterocycles. The van der Waals surface area contributed by atoms with Gasteiger partial charge >= 0.3 is 0 Å². The van der Waals surface area contributed by atoms with Crippen LogP contribution in [-0.4, -0.2) is 23.3 Å². The van der Waals surface area contributed by atoms with Crippen LogP contribution in [0.15, 0.2) is 0 Å². The predicted octanol–water partition coefficient (Wildman–Crippen LogP) is 2.87. The maximum atomic E-state index is 5.64. The summed E-state index contributed by atoms with van der Waals surface area (Å²) in [6.07, 6.45) is 4.97. The number of hydrogen-bond donors (Lipinski definition) is 0. The van der Waals surface area contributed by atoms with Gasteiger partial charge in [-0.25, -0.2) is 4.58 Å². The summed E-state index contributed by atoms with van der Waals surface area (Å²) >= 11 is 5.64. The Balaban J connectivity index is 3.43. The van der Waals surface area contributed by atoms with E-state index in [0.29, 0.717) is 0 Å². The molecule has 0 aromatic rings. The Morgan fingerprint density at radius 2 is 1.55 bits per heavy atom. The number of unbranched alkanes of at least 4 members (excludes halogenated alkanes) is 2. The first-order valence-corrected chi connectivity index (χ1v) is 4.96. The summed E-state index contributed by atoms with van der Waals surface area (Å²) in [5, 5.41) is 0. The van der Waals surface area contributed by atoms with Crippen molar-refractivity contribution in [2.75, 3.05) is 13.1 Å². The van der Waals surface area contributed by atoms with E-state index in [1.165, 1.54) is 25.7 Å². The molecule has 2 heteroatoms. The first-order valence-electron chi connectivity index (χ1n) is 4.52. The average Bonchev–Trinajstić information content (AvgIpc) is 2.05. The molecule has 0 radical (unpaired) electrons. The van der Waals surface area contributed by atoms with Gasteiger partial charge in [-0.2, -0.15) is 0 Å². The fourth-order valence-corrected chi connectivity index (χ4v) is 1.13. The molecule has 0 aromatic carbocycles. The molecule has 0 unspecified atom stereocenters. The molecule has 0 spiro atoms. The number of hydrogen-bond acceptors (Lipinski definition) is 0. The van der Waals surface area contributed by atoms with E-state index in [1.807, 2.05) is 0 Å². The van der Waals surface area contributed by atoms with E-state index in [2.05, 4.69) is 18.4 Å². The van der Waals surface area contributed by atoms with Crippen LogP contribution in [0.1, 0.15) is 39.5 Å². The molecule has 0 fully saturated rings. The standard InChI is InChI=1S/C9H19ClN/c1-3-5-7-11(9-10)8-6-4-2/h9H,3-8H2,1-2H3/q+1. The van der Waals surface area contributed by atoms with E-state index in [-0.39, 0.29) is 0 Å². The molecule has 0 aliphatic carbocycles. The normalized spacial score (nSPS) is 9.73. The Labute approximate surface area is 75.1 Å². The highest BCUT2D eigenvalue weighted by Gasteiger charge is 2.00. The van der Waals surface area contributed by atoms with Gasteiger partial charge in [-0.3, -0.25) is 0 Å². The zero-order chi connectivity index (χ0) is 8.53. The summed E-state index contributed by atoms with van der Waals surface area (Å²) in [4.78, 5) is 0. The summed E-state index contributed by atoms with van der Waals surface area (Å²) in [5.74, 6) is 0. The summed E-state index contributed by atoms with van der Waals surface area (Å²) in [7, 11) is 0. The molecule has 66 valence electrons. The van der Waals surface area contributed by atoms with Crippen molar-refractivity contribution >= 4 is 17.3 Å². The SMILES string of the molecule is CCCC[N+](=CCl)CCCC. The molecular weight excluding hydrogens is 158 g/mol. The second-order valence-electron chi connectivity index (χ2n) is 2.84. The van der Waals surface area contributed by atoms with Crippen molar-refractivity contribution in [3.8, 4) is 0 Å². The zero-order valence-corrected chi connectivity index (χ0v) is 8.40. The van der Waals surface area contributed by atoms with E-state index in [4.69, 9.17) is 11.6 Å². The Morgan fingerprint density at radius 3 is 1.82 bits per heavy atom. The van der Waals surface area contributed by atoms with Crippen LogP contribution < -0.4 is 0 Å². The third-order valence-electron chi connectivity index (χ3n) is 1.74.